The van der Waals surface area contributed by atoms with Gasteiger partial charge in [-0.1, -0.05) is 0 Å². The molecule has 1 aromatic carbocycles. The summed E-state index contributed by atoms with van der Waals surface area (Å²) in [6.45, 7) is 3.98. The summed E-state index contributed by atoms with van der Waals surface area (Å²) in [5, 5.41) is 5.52. The molecule has 0 aliphatic carbocycles. The third-order valence-corrected chi connectivity index (χ3v) is 2.80. The number of rotatable bonds is 6. The molecule has 0 aliphatic rings. The molecule has 0 bridgehead atoms. The summed E-state index contributed by atoms with van der Waals surface area (Å²) in [5.74, 6) is -0.297. The highest BCUT2D eigenvalue weighted by atomic mass is 35.5. The number of halogens is 2. The van der Waals surface area contributed by atoms with Crippen molar-refractivity contribution in [3.8, 4) is 0 Å². The van der Waals surface area contributed by atoms with E-state index >= 15 is 0 Å². The van der Waals surface area contributed by atoms with Gasteiger partial charge in [0.25, 0.3) is 0 Å². The Morgan fingerprint density at radius 2 is 1.48 bits per heavy atom. The molecule has 0 heterocycles. The highest BCUT2D eigenvalue weighted by Crippen LogP contribution is 2.15. The fourth-order valence-electron chi connectivity index (χ4n) is 1.48. The van der Waals surface area contributed by atoms with Gasteiger partial charge < -0.3 is 21.3 Å². The molecule has 0 spiro atoms. The smallest absolute Gasteiger partial charge is 0.243 e. The van der Waals surface area contributed by atoms with Crippen LogP contribution < -0.4 is 16.4 Å². The molecule has 0 unspecified atom stereocenters. The molecular formula is C15H26Cl2N4O2. The third-order valence-electron chi connectivity index (χ3n) is 2.80. The lowest BCUT2D eigenvalue weighted by Gasteiger charge is -2.18. The molecule has 0 fully saturated rings. The van der Waals surface area contributed by atoms with Gasteiger partial charge in [-0.25, -0.2) is 0 Å². The van der Waals surface area contributed by atoms with E-state index in [-0.39, 0.29) is 36.6 Å². The van der Waals surface area contributed by atoms with Gasteiger partial charge in [0.1, 0.15) is 0 Å². The lowest BCUT2D eigenvalue weighted by Crippen LogP contribution is -2.45. The number of hydrogen-bond acceptors (Lipinski definition) is 4. The van der Waals surface area contributed by atoms with Gasteiger partial charge in [-0.2, -0.15) is 0 Å². The second-order valence-electron chi connectivity index (χ2n) is 5.85. The summed E-state index contributed by atoms with van der Waals surface area (Å²) in [5.41, 5.74) is 6.12. The number of nitrogens with two attached hydrogens (primary N) is 1. The van der Waals surface area contributed by atoms with Crippen molar-refractivity contribution >= 4 is 48.0 Å². The summed E-state index contributed by atoms with van der Waals surface area (Å²) in [6.07, 6.45) is 0.437. The summed E-state index contributed by atoms with van der Waals surface area (Å²) in [6, 6.07) is 6.94. The van der Waals surface area contributed by atoms with Gasteiger partial charge >= 0.3 is 0 Å². The van der Waals surface area contributed by atoms with Crippen LogP contribution in [0.25, 0.3) is 0 Å². The molecule has 8 heteroatoms. The number of hydrogen-bond donors (Lipinski definition) is 3. The van der Waals surface area contributed by atoms with E-state index in [0.717, 1.165) is 0 Å². The van der Waals surface area contributed by atoms with E-state index < -0.39 is 5.54 Å². The van der Waals surface area contributed by atoms with Crippen LogP contribution in [0.3, 0.4) is 0 Å². The molecule has 0 atom stereocenters. The summed E-state index contributed by atoms with van der Waals surface area (Å²) in [7, 11) is 3.84. The van der Waals surface area contributed by atoms with Gasteiger partial charge in [-0.05, 0) is 52.2 Å². The van der Waals surface area contributed by atoms with Gasteiger partial charge in [0.2, 0.25) is 11.8 Å². The standard InChI is InChI=1S/C15H24N4O2.2ClH/c1-15(2,16)14(21)18-12-7-5-11(6-8-12)17-13(20)9-10-19(3)4;;/h5-8H,9-10,16H2,1-4H3,(H,17,20)(H,18,21);2*1H. The van der Waals surface area contributed by atoms with E-state index in [1.165, 1.54) is 0 Å². The quantitative estimate of drug-likeness (QED) is 0.721. The number of carbonyl (C=O) groups excluding carboxylic acids is 2. The molecule has 0 radical (unpaired) electrons. The average Bonchev–Trinajstić information content (AvgIpc) is 2.37. The highest BCUT2D eigenvalue weighted by Gasteiger charge is 2.21. The predicted molar refractivity (Wildman–Crippen MR) is 99.6 cm³/mol. The minimum absolute atomic E-state index is 0. The maximum atomic E-state index is 11.7. The fourth-order valence-corrected chi connectivity index (χ4v) is 1.48. The normalized spacial score (nSPS) is 10.3. The molecule has 1 rings (SSSR count). The number of carbonyl (C=O) groups is 2. The van der Waals surface area contributed by atoms with E-state index in [4.69, 9.17) is 5.73 Å². The average molecular weight is 365 g/mol. The maximum absolute atomic E-state index is 11.7. The van der Waals surface area contributed by atoms with Crippen molar-refractivity contribution in [1.29, 1.82) is 0 Å². The summed E-state index contributed by atoms with van der Waals surface area (Å²) < 4.78 is 0. The number of anilines is 2. The molecule has 23 heavy (non-hydrogen) atoms. The number of nitrogens with one attached hydrogen (secondary N) is 2. The van der Waals surface area contributed by atoms with Crippen LogP contribution in [0, 0.1) is 0 Å². The Balaban J connectivity index is 0. The van der Waals surface area contributed by atoms with Crippen LogP contribution >= 0.6 is 24.8 Å². The van der Waals surface area contributed by atoms with Gasteiger partial charge in [0.05, 0.1) is 5.54 Å². The molecule has 0 aliphatic heterocycles. The molecule has 6 nitrogen and oxygen atoms in total. The molecule has 0 aromatic heterocycles. The summed E-state index contributed by atoms with van der Waals surface area (Å²) in [4.78, 5) is 25.4. The van der Waals surface area contributed by atoms with E-state index in [2.05, 4.69) is 10.6 Å². The molecule has 0 saturated carbocycles. The molecule has 0 saturated heterocycles. The molecule has 1 aromatic rings. The predicted octanol–water partition coefficient (Wildman–Crippen LogP) is 2.10. The zero-order valence-electron chi connectivity index (χ0n) is 13.9. The minimum atomic E-state index is -0.931. The first-order valence-corrected chi connectivity index (χ1v) is 6.83. The second-order valence-corrected chi connectivity index (χ2v) is 5.85. The van der Waals surface area contributed by atoms with Gasteiger partial charge in [-0.3, -0.25) is 9.59 Å². The topological polar surface area (TPSA) is 87.5 Å². The van der Waals surface area contributed by atoms with E-state index in [0.29, 0.717) is 24.3 Å². The first-order chi connectivity index (χ1) is 9.68. The Kier molecular flexibility index (Phi) is 10.9. The lowest BCUT2D eigenvalue weighted by atomic mass is 10.1. The zero-order valence-corrected chi connectivity index (χ0v) is 15.5. The SMILES string of the molecule is CN(C)CCC(=O)Nc1ccc(NC(=O)C(C)(C)N)cc1.Cl.Cl. The maximum Gasteiger partial charge on any atom is 0.243 e. The number of benzene rings is 1. The van der Waals surface area contributed by atoms with Crippen LogP contribution in [0.15, 0.2) is 24.3 Å². The highest BCUT2D eigenvalue weighted by molar-refractivity contribution is 5.97. The largest absolute Gasteiger partial charge is 0.326 e. The van der Waals surface area contributed by atoms with E-state index in [9.17, 15) is 9.59 Å². The van der Waals surface area contributed by atoms with Gasteiger partial charge in [0.15, 0.2) is 0 Å². The molecular weight excluding hydrogens is 339 g/mol. The first-order valence-electron chi connectivity index (χ1n) is 6.83. The minimum Gasteiger partial charge on any atom is -0.326 e. The number of amides is 2. The van der Waals surface area contributed by atoms with Crippen molar-refractivity contribution in [2.75, 3.05) is 31.3 Å². The third kappa shape index (κ3) is 9.40. The second kappa shape index (κ2) is 10.4. The first kappa shape index (κ1) is 23.9. The van der Waals surface area contributed by atoms with Crippen LogP contribution in [-0.2, 0) is 9.59 Å². The van der Waals surface area contributed by atoms with Crippen molar-refractivity contribution < 1.29 is 9.59 Å². The monoisotopic (exact) mass is 364 g/mol. The van der Waals surface area contributed by atoms with Crippen LogP contribution in [0.1, 0.15) is 20.3 Å². The van der Waals surface area contributed by atoms with Crippen LogP contribution in [-0.4, -0.2) is 42.9 Å². The van der Waals surface area contributed by atoms with Crippen molar-refractivity contribution in [3.63, 3.8) is 0 Å². The van der Waals surface area contributed by atoms with Crippen LogP contribution in [0.2, 0.25) is 0 Å². The molecule has 4 N–H and O–H groups in total. The van der Waals surface area contributed by atoms with Crippen LogP contribution in [0.4, 0.5) is 11.4 Å². The summed E-state index contributed by atoms with van der Waals surface area (Å²) >= 11 is 0. The van der Waals surface area contributed by atoms with E-state index in [1.54, 1.807) is 38.1 Å². The Labute approximate surface area is 150 Å². The fraction of sp³-hybridized carbons (Fsp3) is 0.467. The van der Waals surface area contributed by atoms with E-state index in [1.807, 2.05) is 19.0 Å². The Bertz CT molecular complexity index is 499. The number of nitrogens with zero attached hydrogens (tertiary/aromatic N) is 1. The Morgan fingerprint density at radius 1 is 1.04 bits per heavy atom. The lowest BCUT2D eigenvalue weighted by molar-refractivity contribution is -0.120. The van der Waals surface area contributed by atoms with Crippen molar-refractivity contribution in [2.24, 2.45) is 5.73 Å². The Morgan fingerprint density at radius 3 is 1.87 bits per heavy atom. The van der Waals surface area contributed by atoms with Crippen molar-refractivity contribution in [3.05, 3.63) is 24.3 Å². The van der Waals surface area contributed by atoms with Crippen molar-refractivity contribution in [1.82, 2.24) is 4.90 Å². The van der Waals surface area contributed by atoms with Gasteiger partial charge in [-0.15, -0.1) is 24.8 Å². The molecule has 132 valence electrons. The zero-order chi connectivity index (χ0) is 16.0. The van der Waals surface area contributed by atoms with Gasteiger partial charge in [0, 0.05) is 24.3 Å². The Hall–Kier alpha value is -1.34. The molecule has 2 amide bonds. The van der Waals surface area contributed by atoms with Crippen molar-refractivity contribution in [2.45, 2.75) is 25.8 Å². The van der Waals surface area contributed by atoms with Crippen LogP contribution in [0.5, 0.6) is 0 Å².